The molecular weight excluding hydrogens is 196 g/mol. The highest BCUT2D eigenvalue weighted by Gasteiger charge is 2.07. The van der Waals surface area contributed by atoms with Crippen LogP contribution in [0.25, 0.3) is 0 Å². The minimum Gasteiger partial charge on any atom is -0.469 e. The minimum atomic E-state index is -0.368. The van der Waals surface area contributed by atoms with E-state index in [1.165, 1.54) is 13.4 Å². The molecule has 5 heteroatoms. The first-order valence-electron chi connectivity index (χ1n) is 4.54. The van der Waals surface area contributed by atoms with Gasteiger partial charge in [0.15, 0.2) is 0 Å². The number of esters is 1. The third kappa shape index (κ3) is 4.30. The number of hydrogen-bond acceptors (Lipinski definition) is 5. The molecule has 0 aromatic carbocycles. The summed E-state index contributed by atoms with van der Waals surface area (Å²) in [6, 6.07) is 0. The van der Waals surface area contributed by atoms with Crippen molar-refractivity contribution in [2.24, 2.45) is 0 Å². The van der Waals surface area contributed by atoms with Crippen LogP contribution in [0.4, 0.5) is 0 Å². The number of rotatable bonds is 5. The van der Waals surface area contributed by atoms with E-state index in [1.54, 1.807) is 12.4 Å². The molecule has 0 aliphatic carbocycles. The normalized spacial score (nSPS) is 9.67. The van der Waals surface area contributed by atoms with Gasteiger partial charge in [-0.15, -0.1) is 0 Å². The van der Waals surface area contributed by atoms with E-state index in [4.69, 9.17) is 0 Å². The highest BCUT2D eigenvalue weighted by atomic mass is 16.5. The van der Waals surface area contributed by atoms with E-state index in [-0.39, 0.29) is 31.0 Å². The fraction of sp³-hybridized carbons (Fsp3) is 0.400. The predicted octanol–water partition coefficient (Wildman–Crippen LogP) is 0.541. The van der Waals surface area contributed by atoms with Crippen LogP contribution in [-0.4, -0.2) is 28.8 Å². The van der Waals surface area contributed by atoms with Gasteiger partial charge in [-0.2, -0.15) is 0 Å². The lowest BCUT2D eigenvalue weighted by Gasteiger charge is -1.99. The van der Waals surface area contributed by atoms with Gasteiger partial charge in [-0.25, -0.2) is 9.97 Å². The van der Waals surface area contributed by atoms with E-state index >= 15 is 0 Å². The molecule has 1 rings (SSSR count). The lowest BCUT2D eigenvalue weighted by molar-refractivity contribution is -0.141. The molecule has 0 aliphatic heterocycles. The Morgan fingerprint density at radius 3 is 2.53 bits per heavy atom. The van der Waals surface area contributed by atoms with Crippen LogP contribution in [-0.2, 0) is 20.7 Å². The first-order chi connectivity index (χ1) is 7.22. The summed E-state index contributed by atoms with van der Waals surface area (Å²) in [5, 5.41) is 0. The van der Waals surface area contributed by atoms with Crippen LogP contribution >= 0.6 is 0 Å². The number of Topliss-reactive ketones (excluding diaryl/α,β-unsaturated/α-hetero) is 1. The molecule has 0 aliphatic rings. The summed E-state index contributed by atoms with van der Waals surface area (Å²) in [4.78, 5) is 29.7. The van der Waals surface area contributed by atoms with Gasteiger partial charge in [-0.3, -0.25) is 9.59 Å². The molecule has 1 heterocycles. The highest BCUT2D eigenvalue weighted by molar-refractivity contribution is 5.84. The number of ketones is 1. The summed E-state index contributed by atoms with van der Waals surface area (Å²) in [6.45, 7) is 0. The first-order valence-corrected chi connectivity index (χ1v) is 4.54. The Morgan fingerprint density at radius 1 is 1.27 bits per heavy atom. The summed E-state index contributed by atoms with van der Waals surface area (Å²) in [6.07, 6.45) is 5.16. The number of nitrogens with zero attached hydrogens (tertiary/aromatic N) is 2. The number of carbonyl (C=O) groups excluding carboxylic acids is 2. The van der Waals surface area contributed by atoms with Crippen LogP contribution in [0.1, 0.15) is 18.4 Å². The third-order valence-corrected chi connectivity index (χ3v) is 1.85. The summed E-state index contributed by atoms with van der Waals surface area (Å²) in [7, 11) is 1.30. The van der Waals surface area contributed by atoms with Gasteiger partial charge in [0.05, 0.1) is 13.5 Å². The fourth-order valence-electron chi connectivity index (χ4n) is 1.08. The maximum absolute atomic E-state index is 11.4. The molecule has 0 spiro atoms. The van der Waals surface area contributed by atoms with Gasteiger partial charge in [0.1, 0.15) is 12.1 Å². The maximum atomic E-state index is 11.4. The highest BCUT2D eigenvalue weighted by Crippen LogP contribution is 2.01. The second kappa shape index (κ2) is 5.85. The van der Waals surface area contributed by atoms with Gasteiger partial charge in [0.25, 0.3) is 0 Å². The zero-order chi connectivity index (χ0) is 11.1. The van der Waals surface area contributed by atoms with Crippen molar-refractivity contribution in [3.05, 3.63) is 24.3 Å². The van der Waals surface area contributed by atoms with Gasteiger partial charge in [-0.1, -0.05) is 0 Å². The van der Waals surface area contributed by atoms with Crippen molar-refractivity contribution in [1.82, 2.24) is 9.97 Å². The van der Waals surface area contributed by atoms with Crippen molar-refractivity contribution >= 4 is 11.8 Å². The van der Waals surface area contributed by atoms with Crippen molar-refractivity contribution in [2.75, 3.05) is 7.11 Å². The Kier molecular flexibility index (Phi) is 4.40. The van der Waals surface area contributed by atoms with E-state index in [0.29, 0.717) is 0 Å². The third-order valence-electron chi connectivity index (χ3n) is 1.85. The van der Waals surface area contributed by atoms with Gasteiger partial charge in [-0.05, 0) is 5.56 Å². The molecule has 0 fully saturated rings. The van der Waals surface area contributed by atoms with Crippen molar-refractivity contribution in [1.29, 1.82) is 0 Å². The molecule has 0 atom stereocenters. The minimum absolute atomic E-state index is 0.0183. The van der Waals surface area contributed by atoms with Crippen LogP contribution in [0.15, 0.2) is 18.7 Å². The molecule has 0 amide bonds. The smallest absolute Gasteiger partial charge is 0.305 e. The second-order valence-corrected chi connectivity index (χ2v) is 3.04. The topological polar surface area (TPSA) is 69.2 Å². The fourth-order valence-corrected chi connectivity index (χ4v) is 1.08. The molecule has 15 heavy (non-hydrogen) atoms. The zero-order valence-electron chi connectivity index (χ0n) is 8.47. The number of methoxy groups -OCH3 is 1. The van der Waals surface area contributed by atoms with Gasteiger partial charge < -0.3 is 4.74 Å². The van der Waals surface area contributed by atoms with Crippen LogP contribution in [0, 0.1) is 0 Å². The SMILES string of the molecule is COC(=O)CCC(=O)Cc1cncnc1. The van der Waals surface area contributed by atoms with Crippen molar-refractivity contribution in [3.8, 4) is 0 Å². The van der Waals surface area contributed by atoms with Crippen LogP contribution < -0.4 is 0 Å². The number of ether oxygens (including phenoxy) is 1. The predicted molar refractivity (Wildman–Crippen MR) is 52.0 cm³/mol. The number of hydrogen-bond donors (Lipinski definition) is 0. The average Bonchev–Trinajstić information content (AvgIpc) is 2.27. The van der Waals surface area contributed by atoms with Gasteiger partial charge >= 0.3 is 5.97 Å². The lowest BCUT2D eigenvalue weighted by atomic mass is 10.1. The summed E-state index contributed by atoms with van der Waals surface area (Å²) < 4.78 is 4.43. The van der Waals surface area contributed by atoms with E-state index in [1.807, 2.05) is 0 Å². The maximum Gasteiger partial charge on any atom is 0.305 e. The number of carbonyl (C=O) groups is 2. The van der Waals surface area contributed by atoms with Crippen LogP contribution in [0.2, 0.25) is 0 Å². The second-order valence-electron chi connectivity index (χ2n) is 3.04. The molecule has 1 aromatic rings. The Balaban J connectivity index is 2.34. The van der Waals surface area contributed by atoms with E-state index < -0.39 is 0 Å². The quantitative estimate of drug-likeness (QED) is 0.660. The molecule has 80 valence electrons. The molecular formula is C10H12N2O3. The molecule has 0 radical (unpaired) electrons. The van der Waals surface area contributed by atoms with Crippen molar-refractivity contribution in [3.63, 3.8) is 0 Å². The molecule has 1 aromatic heterocycles. The molecule has 0 bridgehead atoms. The van der Waals surface area contributed by atoms with Crippen molar-refractivity contribution < 1.29 is 14.3 Å². The van der Waals surface area contributed by atoms with E-state index in [2.05, 4.69) is 14.7 Å². The molecule has 0 unspecified atom stereocenters. The van der Waals surface area contributed by atoms with Crippen LogP contribution in [0.5, 0.6) is 0 Å². The van der Waals surface area contributed by atoms with Crippen LogP contribution in [0.3, 0.4) is 0 Å². The molecule has 0 saturated heterocycles. The Hall–Kier alpha value is -1.78. The summed E-state index contributed by atoms with van der Waals surface area (Å²) in [5.41, 5.74) is 0.757. The van der Waals surface area contributed by atoms with Crippen molar-refractivity contribution in [2.45, 2.75) is 19.3 Å². The zero-order valence-corrected chi connectivity index (χ0v) is 8.47. The first kappa shape index (κ1) is 11.3. The van der Waals surface area contributed by atoms with Gasteiger partial charge in [0.2, 0.25) is 0 Å². The molecule has 5 nitrogen and oxygen atoms in total. The molecule has 0 N–H and O–H groups in total. The standard InChI is InChI=1S/C10H12N2O3/c1-15-10(14)3-2-9(13)4-8-5-11-7-12-6-8/h5-7H,2-4H2,1H3. The largest absolute Gasteiger partial charge is 0.469 e. The number of aromatic nitrogens is 2. The molecule has 0 saturated carbocycles. The lowest BCUT2D eigenvalue weighted by Crippen LogP contribution is -2.08. The summed E-state index contributed by atoms with van der Waals surface area (Å²) in [5.74, 6) is -0.386. The average molecular weight is 208 g/mol. The monoisotopic (exact) mass is 208 g/mol. The Labute approximate surface area is 87.5 Å². The van der Waals surface area contributed by atoms with Gasteiger partial charge in [0, 0.05) is 25.2 Å². The Morgan fingerprint density at radius 2 is 1.93 bits per heavy atom. The Bertz CT molecular complexity index is 338. The van der Waals surface area contributed by atoms with E-state index in [0.717, 1.165) is 5.56 Å². The van der Waals surface area contributed by atoms with E-state index in [9.17, 15) is 9.59 Å². The summed E-state index contributed by atoms with van der Waals surface area (Å²) >= 11 is 0.